The second-order valence-corrected chi connectivity index (χ2v) is 7.84. The summed E-state index contributed by atoms with van der Waals surface area (Å²) in [6.45, 7) is 3.55. The van der Waals surface area contributed by atoms with Gasteiger partial charge in [0.25, 0.3) is 5.91 Å². The Kier molecular flexibility index (Phi) is 6.11. The standard InChI is InChI=1S/C22H25N5O4/c1-13-18(30-12-23-13)21(29)25-17-10-8-16(9-11-17)20(28)24-14(2)22-26-19(27-31-22)15-6-4-3-5-7-15/h3-7,12,14,16-17H,8-11H2,1-2H3,(H,24,28)(H,25,29). The van der Waals surface area contributed by atoms with Crippen LogP contribution in [-0.2, 0) is 4.79 Å². The number of oxazole rings is 1. The molecule has 2 heterocycles. The zero-order valence-corrected chi connectivity index (χ0v) is 17.5. The summed E-state index contributed by atoms with van der Waals surface area (Å²) < 4.78 is 10.5. The topological polar surface area (TPSA) is 123 Å². The van der Waals surface area contributed by atoms with Gasteiger partial charge in [-0.25, -0.2) is 4.98 Å². The zero-order chi connectivity index (χ0) is 21.8. The van der Waals surface area contributed by atoms with Crippen LogP contribution in [0.1, 0.15) is 60.8 Å². The van der Waals surface area contributed by atoms with Crippen LogP contribution in [-0.4, -0.2) is 33.0 Å². The molecule has 1 saturated carbocycles. The molecular formula is C22H25N5O4. The molecule has 9 heteroatoms. The van der Waals surface area contributed by atoms with E-state index in [2.05, 4.69) is 25.8 Å². The summed E-state index contributed by atoms with van der Waals surface area (Å²) >= 11 is 0. The molecule has 2 aromatic heterocycles. The van der Waals surface area contributed by atoms with E-state index in [4.69, 9.17) is 8.94 Å². The number of carbonyl (C=O) groups excluding carboxylic acids is 2. The van der Waals surface area contributed by atoms with E-state index in [0.717, 1.165) is 18.4 Å². The smallest absolute Gasteiger partial charge is 0.289 e. The van der Waals surface area contributed by atoms with Gasteiger partial charge in [0.1, 0.15) is 6.04 Å². The van der Waals surface area contributed by atoms with E-state index in [0.29, 0.717) is 30.3 Å². The van der Waals surface area contributed by atoms with Gasteiger partial charge in [-0.2, -0.15) is 4.98 Å². The summed E-state index contributed by atoms with van der Waals surface area (Å²) in [5.41, 5.74) is 1.42. The Bertz CT molecular complexity index is 1040. The van der Waals surface area contributed by atoms with Crippen LogP contribution in [0.15, 0.2) is 45.7 Å². The maximum Gasteiger partial charge on any atom is 0.289 e. The van der Waals surface area contributed by atoms with Crippen LogP contribution in [0.2, 0.25) is 0 Å². The monoisotopic (exact) mass is 423 g/mol. The first-order valence-electron chi connectivity index (χ1n) is 10.4. The van der Waals surface area contributed by atoms with Crippen molar-refractivity contribution in [3.63, 3.8) is 0 Å². The van der Waals surface area contributed by atoms with Crippen molar-refractivity contribution in [1.82, 2.24) is 25.8 Å². The number of benzene rings is 1. The van der Waals surface area contributed by atoms with E-state index in [9.17, 15) is 9.59 Å². The minimum absolute atomic E-state index is 0.0165. The molecule has 1 aliphatic rings. The summed E-state index contributed by atoms with van der Waals surface area (Å²) in [5, 5.41) is 9.94. The van der Waals surface area contributed by atoms with Crippen molar-refractivity contribution in [2.75, 3.05) is 0 Å². The average molecular weight is 423 g/mol. The summed E-state index contributed by atoms with van der Waals surface area (Å²) in [5.74, 6) is 0.692. The molecule has 0 radical (unpaired) electrons. The van der Waals surface area contributed by atoms with Crippen molar-refractivity contribution in [2.24, 2.45) is 5.92 Å². The van der Waals surface area contributed by atoms with E-state index in [1.165, 1.54) is 6.39 Å². The number of aryl methyl sites for hydroxylation is 1. The van der Waals surface area contributed by atoms with Crippen LogP contribution in [0.25, 0.3) is 11.4 Å². The van der Waals surface area contributed by atoms with Gasteiger partial charge >= 0.3 is 0 Å². The summed E-state index contributed by atoms with van der Waals surface area (Å²) in [6, 6.07) is 9.16. The van der Waals surface area contributed by atoms with Gasteiger partial charge in [0.15, 0.2) is 6.39 Å². The molecule has 1 aliphatic carbocycles. The van der Waals surface area contributed by atoms with Crippen LogP contribution in [0.3, 0.4) is 0 Å². The van der Waals surface area contributed by atoms with Crippen LogP contribution < -0.4 is 10.6 Å². The van der Waals surface area contributed by atoms with E-state index in [-0.39, 0.29) is 35.6 Å². The van der Waals surface area contributed by atoms with E-state index in [1.54, 1.807) is 6.92 Å². The van der Waals surface area contributed by atoms with Gasteiger partial charge in [-0.15, -0.1) is 0 Å². The number of hydrogen-bond donors (Lipinski definition) is 2. The molecule has 31 heavy (non-hydrogen) atoms. The predicted octanol–water partition coefficient (Wildman–Crippen LogP) is 3.20. The van der Waals surface area contributed by atoms with Crippen molar-refractivity contribution in [1.29, 1.82) is 0 Å². The number of nitrogens with one attached hydrogen (secondary N) is 2. The van der Waals surface area contributed by atoms with E-state index in [1.807, 2.05) is 37.3 Å². The molecule has 2 amide bonds. The second kappa shape index (κ2) is 9.11. The van der Waals surface area contributed by atoms with Crippen LogP contribution in [0.5, 0.6) is 0 Å². The molecule has 3 aromatic rings. The van der Waals surface area contributed by atoms with Crippen LogP contribution in [0, 0.1) is 12.8 Å². The molecule has 0 bridgehead atoms. The van der Waals surface area contributed by atoms with Gasteiger partial charge in [-0.3, -0.25) is 9.59 Å². The summed E-state index contributed by atoms with van der Waals surface area (Å²) in [6.07, 6.45) is 4.10. The van der Waals surface area contributed by atoms with Gasteiger partial charge in [-0.05, 0) is 39.5 Å². The fraction of sp³-hybridized carbons (Fsp3) is 0.409. The van der Waals surface area contributed by atoms with Crippen molar-refractivity contribution < 1.29 is 18.5 Å². The average Bonchev–Trinajstić information content (AvgIpc) is 3.44. The molecule has 0 aliphatic heterocycles. The first-order chi connectivity index (χ1) is 15.0. The number of carbonyl (C=O) groups is 2. The fourth-order valence-electron chi connectivity index (χ4n) is 3.78. The van der Waals surface area contributed by atoms with Crippen LogP contribution >= 0.6 is 0 Å². The van der Waals surface area contributed by atoms with Crippen molar-refractivity contribution in [3.8, 4) is 11.4 Å². The Morgan fingerprint density at radius 3 is 2.55 bits per heavy atom. The van der Waals surface area contributed by atoms with Gasteiger partial charge in [0.2, 0.25) is 23.4 Å². The molecule has 1 unspecified atom stereocenters. The van der Waals surface area contributed by atoms with Gasteiger partial charge in [0, 0.05) is 17.5 Å². The molecule has 9 nitrogen and oxygen atoms in total. The largest absolute Gasteiger partial charge is 0.438 e. The normalized spacial score (nSPS) is 19.5. The van der Waals surface area contributed by atoms with Crippen molar-refractivity contribution in [3.05, 3.63) is 54.1 Å². The molecule has 4 rings (SSSR count). The van der Waals surface area contributed by atoms with Gasteiger partial charge in [0.05, 0.1) is 5.69 Å². The number of nitrogens with zero attached hydrogens (tertiary/aromatic N) is 3. The first kappa shape index (κ1) is 20.8. The Morgan fingerprint density at radius 2 is 1.87 bits per heavy atom. The number of rotatable bonds is 6. The molecule has 0 saturated heterocycles. The Morgan fingerprint density at radius 1 is 1.13 bits per heavy atom. The minimum Gasteiger partial charge on any atom is -0.438 e. The van der Waals surface area contributed by atoms with Crippen LogP contribution in [0.4, 0.5) is 0 Å². The van der Waals surface area contributed by atoms with E-state index >= 15 is 0 Å². The highest BCUT2D eigenvalue weighted by molar-refractivity contribution is 5.92. The quantitative estimate of drug-likeness (QED) is 0.624. The third-order valence-corrected chi connectivity index (χ3v) is 5.59. The van der Waals surface area contributed by atoms with Gasteiger partial charge in [-0.1, -0.05) is 35.5 Å². The molecule has 162 valence electrons. The lowest BCUT2D eigenvalue weighted by Crippen LogP contribution is -2.41. The highest BCUT2D eigenvalue weighted by atomic mass is 16.5. The van der Waals surface area contributed by atoms with Gasteiger partial charge < -0.3 is 19.6 Å². The third-order valence-electron chi connectivity index (χ3n) is 5.59. The Labute approximate surface area is 179 Å². The minimum atomic E-state index is -0.385. The Hall–Kier alpha value is -3.49. The molecule has 0 spiro atoms. The fourth-order valence-corrected chi connectivity index (χ4v) is 3.78. The molecular weight excluding hydrogens is 398 g/mol. The highest BCUT2D eigenvalue weighted by Gasteiger charge is 2.29. The number of aromatic nitrogens is 3. The first-order valence-corrected chi connectivity index (χ1v) is 10.4. The number of hydrogen-bond acceptors (Lipinski definition) is 7. The van der Waals surface area contributed by atoms with E-state index < -0.39 is 0 Å². The molecule has 1 atom stereocenters. The van der Waals surface area contributed by atoms with Crippen molar-refractivity contribution >= 4 is 11.8 Å². The third kappa shape index (κ3) is 4.82. The second-order valence-electron chi connectivity index (χ2n) is 7.84. The lowest BCUT2D eigenvalue weighted by Gasteiger charge is -2.28. The van der Waals surface area contributed by atoms with Crippen molar-refractivity contribution in [2.45, 2.75) is 51.6 Å². The maximum absolute atomic E-state index is 12.7. The SMILES string of the molecule is Cc1ncoc1C(=O)NC1CCC(C(=O)NC(C)c2nc(-c3ccccc3)no2)CC1. The Balaban J connectivity index is 1.27. The lowest BCUT2D eigenvalue weighted by molar-refractivity contribution is -0.126. The molecule has 1 aromatic carbocycles. The summed E-state index contributed by atoms with van der Waals surface area (Å²) in [7, 11) is 0. The highest BCUT2D eigenvalue weighted by Crippen LogP contribution is 2.26. The predicted molar refractivity (Wildman–Crippen MR) is 111 cm³/mol. The lowest BCUT2D eigenvalue weighted by atomic mass is 9.85. The molecule has 2 N–H and O–H groups in total. The summed E-state index contributed by atoms with van der Waals surface area (Å²) in [4.78, 5) is 33.3. The maximum atomic E-state index is 12.7. The molecule has 1 fully saturated rings. The number of amides is 2. The zero-order valence-electron chi connectivity index (χ0n) is 17.5.